The van der Waals surface area contributed by atoms with Crippen molar-refractivity contribution in [1.29, 1.82) is 0 Å². The molecule has 0 saturated heterocycles. The van der Waals surface area contributed by atoms with E-state index < -0.39 is 11.9 Å². The van der Waals surface area contributed by atoms with Gasteiger partial charge in [-0.3, -0.25) is 9.67 Å². The average Bonchev–Trinajstić information content (AvgIpc) is 3.44. The van der Waals surface area contributed by atoms with Crippen LogP contribution < -0.4 is 4.84 Å². The molecule has 1 atom stereocenters. The molecular weight excluding hydrogens is 462 g/mol. The summed E-state index contributed by atoms with van der Waals surface area (Å²) in [6, 6.07) is 16.7. The number of nitrogens with zero attached hydrogens (tertiary/aromatic N) is 4. The van der Waals surface area contributed by atoms with Gasteiger partial charge in [-0.25, -0.2) is 4.39 Å². The minimum Gasteiger partial charge on any atom is -0.406 e. The second kappa shape index (κ2) is 8.89. The molecule has 3 heterocycles. The van der Waals surface area contributed by atoms with E-state index in [4.69, 9.17) is 28.0 Å². The molecule has 2 aromatic carbocycles. The lowest BCUT2D eigenvalue weighted by Gasteiger charge is -2.18. The maximum Gasteiger partial charge on any atom is 0.150 e. The number of hydrogen-bond acceptors (Lipinski definition) is 3. The Labute approximate surface area is 199 Å². The van der Waals surface area contributed by atoms with Crippen LogP contribution in [0, 0.1) is 5.82 Å². The van der Waals surface area contributed by atoms with Crippen LogP contribution in [0.25, 0.3) is 22.2 Å². The number of halogens is 3. The zero-order chi connectivity index (χ0) is 22.9. The van der Waals surface area contributed by atoms with Crippen LogP contribution in [-0.4, -0.2) is 19.5 Å². The Kier molecular flexibility index (Phi) is 5.79. The number of rotatable bonds is 6. The van der Waals surface area contributed by atoms with Crippen molar-refractivity contribution in [2.24, 2.45) is 0 Å². The minimum atomic E-state index is -0.589. The first kappa shape index (κ1) is 21.5. The summed E-state index contributed by atoms with van der Waals surface area (Å²) in [5.74, 6) is -0.541. The first-order valence-corrected chi connectivity index (χ1v) is 11.1. The van der Waals surface area contributed by atoms with Gasteiger partial charge >= 0.3 is 0 Å². The van der Waals surface area contributed by atoms with Crippen LogP contribution in [0.5, 0.6) is 0 Å². The molecule has 0 aliphatic heterocycles. The maximum absolute atomic E-state index is 14.0. The summed E-state index contributed by atoms with van der Waals surface area (Å²) < 4.78 is 17.4. The molecule has 0 saturated carbocycles. The fourth-order valence-electron chi connectivity index (χ4n) is 3.75. The van der Waals surface area contributed by atoms with E-state index in [1.165, 1.54) is 17.7 Å². The number of benzene rings is 2. The van der Waals surface area contributed by atoms with E-state index in [0.29, 0.717) is 17.1 Å². The predicted molar refractivity (Wildman–Crippen MR) is 128 cm³/mol. The molecule has 0 radical (unpaired) electrons. The molecule has 0 aliphatic carbocycles. The van der Waals surface area contributed by atoms with Crippen molar-refractivity contribution < 1.29 is 9.23 Å². The highest BCUT2D eigenvalue weighted by molar-refractivity contribution is 6.36. The first-order chi connectivity index (χ1) is 16.0. The number of fused-ring (bicyclic) bond motifs is 1. The third-order valence-corrected chi connectivity index (χ3v) is 6.13. The first-order valence-electron chi connectivity index (χ1n) is 10.3. The molecule has 33 heavy (non-hydrogen) atoms. The van der Waals surface area contributed by atoms with Gasteiger partial charge in [-0.15, -0.1) is 0 Å². The predicted octanol–water partition coefficient (Wildman–Crippen LogP) is 6.58. The molecule has 0 aliphatic rings. The van der Waals surface area contributed by atoms with Crippen LogP contribution in [0.3, 0.4) is 0 Å². The largest absolute Gasteiger partial charge is 0.406 e. The zero-order valence-corrected chi connectivity index (χ0v) is 19.1. The Hall–Kier alpha value is -3.35. The molecule has 0 N–H and O–H groups in total. The number of pyridine rings is 1. The van der Waals surface area contributed by atoms with Crippen LogP contribution >= 0.6 is 23.2 Å². The standard InChI is InChI=1S/C25H19Cl2FN4O/c1-16(24-20(26)7-8-21(28)25(24)27)33-32-10-9-22-23(32)11-18(12-29-22)19-13-30-31(15-19)14-17-5-3-2-4-6-17/h2-13,15-16H,14H2,1H3. The van der Waals surface area contributed by atoms with Gasteiger partial charge in [0.2, 0.25) is 0 Å². The Balaban J connectivity index is 1.42. The summed E-state index contributed by atoms with van der Waals surface area (Å²) in [4.78, 5) is 10.6. The van der Waals surface area contributed by atoms with Crippen molar-refractivity contribution in [3.05, 3.63) is 106 Å². The van der Waals surface area contributed by atoms with E-state index in [0.717, 1.165) is 22.2 Å². The summed E-state index contributed by atoms with van der Waals surface area (Å²) in [6.45, 7) is 2.45. The van der Waals surface area contributed by atoms with Crippen LogP contribution in [-0.2, 0) is 6.54 Å². The average molecular weight is 481 g/mol. The number of hydrogen-bond donors (Lipinski definition) is 0. The van der Waals surface area contributed by atoms with Gasteiger partial charge in [-0.05, 0) is 36.8 Å². The quantitative estimate of drug-likeness (QED) is 0.257. The van der Waals surface area contributed by atoms with Gasteiger partial charge in [0, 0.05) is 40.3 Å². The number of aromatic nitrogens is 4. The van der Waals surface area contributed by atoms with Gasteiger partial charge in [0.25, 0.3) is 0 Å². The zero-order valence-electron chi connectivity index (χ0n) is 17.6. The van der Waals surface area contributed by atoms with E-state index in [-0.39, 0.29) is 5.02 Å². The fraction of sp³-hybridized carbons (Fsp3) is 0.120. The van der Waals surface area contributed by atoms with Crippen LogP contribution in [0.2, 0.25) is 10.0 Å². The molecule has 0 fully saturated rings. The van der Waals surface area contributed by atoms with Gasteiger partial charge < -0.3 is 4.84 Å². The topological polar surface area (TPSA) is 44.9 Å². The molecular formula is C25H19Cl2FN4O. The van der Waals surface area contributed by atoms with Crippen molar-refractivity contribution >= 4 is 34.2 Å². The highest BCUT2D eigenvalue weighted by atomic mass is 35.5. The lowest BCUT2D eigenvalue weighted by atomic mass is 10.1. The van der Waals surface area contributed by atoms with Crippen molar-refractivity contribution in [3.8, 4) is 11.1 Å². The van der Waals surface area contributed by atoms with Crippen molar-refractivity contribution in [1.82, 2.24) is 19.5 Å². The van der Waals surface area contributed by atoms with E-state index in [2.05, 4.69) is 22.2 Å². The van der Waals surface area contributed by atoms with Gasteiger partial charge in [-0.1, -0.05) is 53.5 Å². The van der Waals surface area contributed by atoms with E-state index >= 15 is 0 Å². The SMILES string of the molecule is CC(On1ccc2ncc(-c3cnn(Cc4ccccc4)c3)cc21)c1c(Cl)ccc(F)c1Cl. The summed E-state index contributed by atoms with van der Waals surface area (Å²) in [5, 5.41) is 4.78. The third kappa shape index (κ3) is 4.32. The molecule has 8 heteroatoms. The maximum atomic E-state index is 14.0. The fourth-order valence-corrected chi connectivity index (χ4v) is 4.42. The molecule has 1 unspecified atom stereocenters. The molecule has 5 aromatic rings. The molecule has 5 nitrogen and oxygen atoms in total. The Morgan fingerprint density at radius 1 is 1.03 bits per heavy atom. The molecule has 0 spiro atoms. The molecule has 0 amide bonds. The summed E-state index contributed by atoms with van der Waals surface area (Å²) >= 11 is 12.4. The third-order valence-electron chi connectivity index (χ3n) is 5.41. The van der Waals surface area contributed by atoms with Gasteiger partial charge in [0.1, 0.15) is 11.3 Å². The Morgan fingerprint density at radius 2 is 1.85 bits per heavy atom. The second-order valence-corrected chi connectivity index (χ2v) is 8.47. The van der Waals surface area contributed by atoms with Crippen LogP contribution in [0.1, 0.15) is 24.2 Å². The van der Waals surface area contributed by atoms with Crippen molar-refractivity contribution in [2.75, 3.05) is 0 Å². The molecule has 5 rings (SSSR count). The molecule has 3 aromatic heterocycles. The highest BCUT2D eigenvalue weighted by Crippen LogP contribution is 2.33. The van der Waals surface area contributed by atoms with E-state index in [1.807, 2.05) is 47.4 Å². The minimum absolute atomic E-state index is 0.0453. The van der Waals surface area contributed by atoms with Gasteiger partial charge in [0.05, 0.1) is 23.3 Å². The summed E-state index contributed by atoms with van der Waals surface area (Å²) in [7, 11) is 0. The van der Waals surface area contributed by atoms with Crippen molar-refractivity contribution in [2.45, 2.75) is 19.6 Å². The van der Waals surface area contributed by atoms with E-state index in [1.54, 1.807) is 24.0 Å². The molecule has 166 valence electrons. The lowest BCUT2D eigenvalue weighted by Crippen LogP contribution is -2.16. The van der Waals surface area contributed by atoms with Crippen molar-refractivity contribution in [3.63, 3.8) is 0 Å². The highest BCUT2D eigenvalue weighted by Gasteiger charge is 2.20. The smallest absolute Gasteiger partial charge is 0.150 e. The summed E-state index contributed by atoms with van der Waals surface area (Å²) in [5.41, 5.74) is 4.94. The van der Waals surface area contributed by atoms with Crippen LogP contribution in [0.15, 0.2) is 79.4 Å². The van der Waals surface area contributed by atoms with Gasteiger partial charge in [-0.2, -0.15) is 9.83 Å². The Bertz CT molecular complexity index is 1430. The second-order valence-electron chi connectivity index (χ2n) is 7.69. The normalized spacial score (nSPS) is 12.2. The van der Waals surface area contributed by atoms with E-state index in [9.17, 15) is 4.39 Å². The molecule has 0 bridgehead atoms. The Morgan fingerprint density at radius 3 is 2.67 bits per heavy atom. The monoisotopic (exact) mass is 480 g/mol. The summed E-state index contributed by atoms with van der Waals surface area (Å²) in [6.07, 6.45) is 6.78. The van der Waals surface area contributed by atoms with Gasteiger partial charge in [0.15, 0.2) is 6.10 Å². The lowest BCUT2D eigenvalue weighted by molar-refractivity contribution is 0.0562. The van der Waals surface area contributed by atoms with Crippen LogP contribution in [0.4, 0.5) is 4.39 Å².